The third-order valence-corrected chi connectivity index (χ3v) is 3.41. The number of methoxy groups -OCH3 is 1. The highest BCUT2D eigenvalue weighted by Gasteiger charge is 2.14. The van der Waals surface area contributed by atoms with E-state index in [0.717, 1.165) is 23.5 Å². The summed E-state index contributed by atoms with van der Waals surface area (Å²) >= 11 is 12.1. The number of nitrogens with zero attached hydrogens (tertiary/aromatic N) is 2. The van der Waals surface area contributed by atoms with Crippen LogP contribution in [0.2, 0.25) is 10.0 Å². The Hall–Kier alpha value is -1.52. The molecule has 1 aromatic heterocycles. The third kappa shape index (κ3) is 3.32. The summed E-state index contributed by atoms with van der Waals surface area (Å²) in [6, 6.07) is 5.43. The summed E-state index contributed by atoms with van der Waals surface area (Å²) in [6.45, 7) is 2.77. The molecule has 0 spiro atoms. The number of halogens is 2. The van der Waals surface area contributed by atoms with Gasteiger partial charge in [-0.3, -0.25) is 0 Å². The zero-order chi connectivity index (χ0) is 14.5. The van der Waals surface area contributed by atoms with Crippen LogP contribution in [0.3, 0.4) is 0 Å². The molecule has 6 heteroatoms. The summed E-state index contributed by atoms with van der Waals surface area (Å²) in [7, 11) is 1.59. The van der Waals surface area contributed by atoms with Crippen LogP contribution in [0.1, 0.15) is 18.1 Å². The molecule has 2 rings (SSSR count). The fourth-order valence-corrected chi connectivity index (χ4v) is 2.38. The molecule has 0 aliphatic heterocycles. The van der Waals surface area contributed by atoms with Crippen molar-refractivity contribution in [3.8, 4) is 5.88 Å². The maximum absolute atomic E-state index is 6.22. The topological polar surface area (TPSA) is 47.0 Å². The molecule has 4 nitrogen and oxygen atoms in total. The lowest BCUT2D eigenvalue weighted by Crippen LogP contribution is -2.07. The molecular formula is C14H15Cl2N3O. The van der Waals surface area contributed by atoms with E-state index in [-0.39, 0.29) is 0 Å². The maximum Gasteiger partial charge on any atom is 0.221 e. The quantitative estimate of drug-likeness (QED) is 0.912. The van der Waals surface area contributed by atoms with Crippen LogP contribution in [0, 0.1) is 0 Å². The lowest BCUT2D eigenvalue weighted by atomic mass is 10.1. The van der Waals surface area contributed by atoms with Gasteiger partial charge in [0.05, 0.1) is 12.7 Å². The first-order valence-electron chi connectivity index (χ1n) is 6.21. The van der Waals surface area contributed by atoms with Crippen LogP contribution in [0.4, 0.5) is 5.82 Å². The highest BCUT2D eigenvalue weighted by Crippen LogP contribution is 2.29. The Morgan fingerprint density at radius 1 is 1.25 bits per heavy atom. The van der Waals surface area contributed by atoms with Crippen molar-refractivity contribution in [1.82, 2.24) is 9.97 Å². The molecule has 0 aliphatic rings. The normalized spacial score (nSPS) is 10.4. The Labute approximate surface area is 128 Å². The standard InChI is InChI=1S/C14H15Cl2N3O/c1-3-17-13-11(14(20-2)19-8-18-13)6-9-4-5-10(15)7-12(9)16/h4-5,7-8H,3,6H2,1-2H3,(H,17,18,19). The fraction of sp³-hybridized carbons (Fsp3) is 0.286. The number of hydrogen-bond donors (Lipinski definition) is 1. The average molecular weight is 312 g/mol. The van der Waals surface area contributed by atoms with Crippen molar-refractivity contribution in [2.24, 2.45) is 0 Å². The molecule has 0 fully saturated rings. The summed E-state index contributed by atoms with van der Waals surface area (Å²) in [5.74, 6) is 1.30. The minimum atomic E-state index is 0.543. The van der Waals surface area contributed by atoms with Gasteiger partial charge >= 0.3 is 0 Å². The number of ether oxygens (including phenoxy) is 1. The zero-order valence-electron chi connectivity index (χ0n) is 11.3. The summed E-state index contributed by atoms with van der Waals surface area (Å²) < 4.78 is 5.31. The number of benzene rings is 1. The molecule has 0 bridgehead atoms. The summed E-state index contributed by atoms with van der Waals surface area (Å²) in [5.41, 5.74) is 1.82. The molecule has 106 valence electrons. The van der Waals surface area contributed by atoms with E-state index >= 15 is 0 Å². The lowest BCUT2D eigenvalue weighted by Gasteiger charge is -2.13. The van der Waals surface area contributed by atoms with Crippen molar-refractivity contribution < 1.29 is 4.74 Å². The van der Waals surface area contributed by atoms with E-state index in [1.54, 1.807) is 13.2 Å². The highest BCUT2D eigenvalue weighted by atomic mass is 35.5. The van der Waals surface area contributed by atoms with Crippen LogP contribution >= 0.6 is 23.2 Å². The van der Waals surface area contributed by atoms with Crippen molar-refractivity contribution >= 4 is 29.0 Å². The Morgan fingerprint density at radius 3 is 2.70 bits per heavy atom. The Kier molecular flexibility index (Phi) is 5.04. The first-order valence-corrected chi connectivity index (χ1v) is 6.97. The molecule has 0 atom stereocenters. The van der Waals surface area contributed by atoms with E-state index < -0.39 is 0 Å². The van der Waals surface area contributed by atoms with Gasteiger partial charge in [-0.05, 0) is 24.6 Å². The summed E-state index contributed by atoms with van der Waals surface area (Å²) in [4.78, 5) is 8.39. The van der Waals surface area contributed by atoms with E-state index in [1.807, 2.05) is 19.1 Å². The number of hydrogen-bond acceptors (Lipinski definition) is 4. The second-order valence-electron chi connectivity index (χ2n) is 4.15. The third-order valence-electron chi connectivity index (χ3n) is 2.83. The second-order valence-corrected chi connectivity index (χ2v) is 5.00. The number of rotatable bonds is 5. The van der Waals surface area contributed by atoms with Crippen molar-refractivity contribution in [2.45, 2.75) is 13.3 Å². The highest BCUT2D eigenvalue weighted by molar-refractivity contribution is 6.35. The smallest absolute Gasteiger partial charge is 0.221 e. The lowest BCUT2D eigenvalue weighted by molar-refractivity contribution is 0.392. The predicted octanol–water partition coefficient (Wildman–Crippen LogP) is 3.81. The first-order chi connectivity index (χ1) is 9.65. The van der Waals surface area contributed by atoms with E-state index in [9.17, 15) is 0 Å². The molecule has 0 aliphatic carbocycles. The van der Waals surface area contributed by atoms with E-state index in [4.69, 9.17) is 27.9 Å². The van der Waals surface area contributed by atoms with Crippen molar-refractivity contribution in [3.63, 3.8) is 0 Å². The van der Waals surface area contributed by atoms with Gasteiger partial charge in [-0.15, -0.1) is 0 Å². The molecule has 0 saturated heterocycles. The van der Waals surface area contributed by atoms with Gasteiger partial charge in [-0.1, -0.05) is 29.3 Å². The van der Waals surface area contributed by atoms with Crippen molar-refractivity contribution in [2.75, 3.05) is 19.0 Å². The molecule has 0 saturated carbocycles. The monoisotopic (exact) mass is 311 g/mol. The molecule has 0 amide bonds. The minimum absolute atomic E-state index is 0.543. The van der Waals surface area contributed by atoms with Crippen LogP contribution in [-0.4, -0.2) is 23.6 Å². The van der Waals surface area contributed by atoms with Crippen LogP contribution in [-0.2, 0) is 6.42 Å². The van der Waals surface area contributed by atoms with Crippen LogP contribution in [0.25, 0.3) is 0 Å². The molecule has 0 unspecified atom stereocenters. The van der Waals surface area contributed by atoms with E-state index in [1.165, 1.54) is 6.33 Å². The Morgan fingerprint density at radius 2 is 2.05 bits per heavy atom. The summed E-state index contributed by atoms with van der Waals surface area (Å²) in [6.07, 6.45) is 2.05. The molecule has 1 heterocycles. The van der Waals surface area contributed by atoms with Gasteiger partial charge in [0.25, 0.3) is 0 Å². The Bertz CT molecular complexity index is 605. The summed E-state index contributed by atoms with van der Waals surface area (Å²) in [5, 5.41) is 4.43. The van der Waals surface area contributed by atoms with Gasteiger partial charge in [0.15, 0.2) is 0 Å². The number of anilines is 1. The van der Waals surface area contributed by atoms with Gasteiger partial charge in [0.2, 0.25) is 5.88 Å². The average Bonchev–Trinajstić information content (AvgIpc) is 2.43. The van der Waals surface area contributed by atoms with Crippen LogP contribution < -0.4 is 10.1 Å². The van der Waals surface area contributed by atoms with Crippen LogP contribution in [0.15, 0.2) is 24.5 Å². The first kappa shape index (κ1) is 14.9. The van der Waals surface area contributed by atoms with Crippen molar-refractivity contribution in [1.29, 1.82) is 0 Å². The predicted molar refractivity (Wildman–Crippen MR) is 82.0 cm³/mol. The molecule has 20 heavy (non-hydrogen) atoms. The van der Waals surface area contributed by atoms with Gasteiger partial charge in [0, 0.05) is 23.0 Å². The van der Waals surface area contributed by atoms with Gasteiger partial charge in [-0.2, -0.15) is 0 Å². The van der Waals surface area contributed by atoms with Gasteiger partial charge in [-0.25, -0.2) is 9.97 Å². The van der Waals surface area contributed by atoms with Gasteiger partial charge in [0.1, 0.15) is 12.1 Å². The molecule has 1 aromatic carbocycles. The fourth-order valence-electron chi connectivity index (χ4n) is 1.91. The molecular weight excluding hydrogens is 297 g/mol. The molecule has 1 N–H and O–H groups in total. The largest absolute Gasteiger partial charge is 0.481 e. The Balaban J connectivity index is 2.40. The van der Waals surface area contributed by atoms with Gasteiger partial charge < -0.3 is 10.1 Å². The maximum atomic E-state index is 6.22. The van der Waals surface area contributed by atoms with Crippen molar-refractivity contribution in [3.05, 3.63) is 45.7 Å². The second kappa shape index (κ2) is 6.77. The van der Waals surface area contributed by atoms with E-state index in [2.05, 4.69) is 15.3 Å². The zero-order valence-corrected chi connectivity index (χ0v) is 12.8. The minimum Gasteiger partial charge on any atom is -0.481 e. The van der Waals surface area contributed by atoms with E-state index in [0.29, 0.717) is 22.3 Å². The molecule has 0 radical (unpaired) electrons. The van der Waals surface area contributed by atoms with Crippen LogP contribution in [0.5, 0.6) is 5.88 Å². The SMILES string of the molecule is CCNc1ncnc(OC)c1Cc1ccc(Cl)cc1Cl. The molecule has 2 aromatic rings. The number of nitrogens with one attached hydrogen (secondary N) is 1. The number of aromatic nitrogens is 2.